The summed E-state index contributed by atoms with van der Waals surface area (Å²) in [5, 5.41) is 5.69. The van der Waals surface area contributed by atoms with Crippen LogP contribution in [0.25, 0.3) is 0 Å². The molecule has 6 nitrogen and oxygen atoms in total. The van der Waals surface area contributed by atoms with Gasteiger partial charge in [0.1, 0.15) is 5.75 Å². The summed E-state index contributed by atoms with van der Waals surface area (Å²) in [6.07, 6.45) is 4.51. The van der Waals surface area contributed by atoms with Gasteiger partial charge in [0.05, 0.1) is 13.7 Å². The molecule has 154 valence electrons. The van der Waals surface area contributed by atoms with Crippen LogP contribution in [-0.4, -0.2) is 36.9 Å². The van der Waals surface area contributed by atoms with Crippen molar-refractivity contribution in [3.05, 3.63) is 54.1 Å². The number of hydrogen-bond acceptors (Lipinski definition) is 4. The average Bonchev–Trinajstić information content (AvgIpc) is 2.94. The van der Waals surface area contributed by atoms with E-state index in [1.807, 2.05) is 12.1 Å². The first-order valence-electron chi connectivity index (χ1n) is 10.1. The number of nitrogens with zero attached hydrogens (tertiary/aromatic N) is 1. The third-order valence-corrected chi connectivity index (χ3v) is 5.20. The maximum Gasteiger partial charge on any atom is 0.238 e. The molecule has 1 aliphatic rings. The highest BCUT2D eigenvalue weighted by molar-refractivity contribution is 5.93. The molecule has 0 aromatic heterocycles. The molecule has 1 saturated heterocycles. The summed E-state index contributed by atoms with van der Waals surface area (Å²) in [5.41, 5.74) is 2.66. The molecule has 3 rings (SSSR count). The largest absolute Gasteiger partial charge is 0.497 e. The molecule has 1 atom stereocenters. The minimum absolute atomic E-state index is 0.0299. The number of rotatable bonds is 6. The molecule has 6 heteroatoms. The van der Waals surface area contributed by atoms with Gasteiger partial charge in [-0.3, -0.25) is 14.5 Å². The molecule has 29 heavy (non-hydrogen) atoms. The molecule has 1 fully saturated rings. The summed E-state index contributed by atoms with van der Waals surface area (Å²) in [7, 11) is 1.67. The lowest BCUT2D eigenvalue weighted by molar-refractivity contribution is -0.118. The van der Waals surface area contributed by atoms with E-state index in [1.54, 1.807) is 31.4 Å². The molecular weight excluding hydrogens is 366 g/mol. The molecule has 0 aliphatic carbocycles. The van der Waals surface area contributed by atoms with Crippen molar-refractivity contribution in [2.24, 2.45) is 0 Å². The van der Waals surface area contributed by atoms with Crippen LogP contribution in [0.5, 0.6) is 5.75 Å². The van der Waals surface area contributed by atoms with Gasteiger partial charge in [0.25, 0.3) is 0 Å². The Bertz CT molecular complexity index is 818. The van der Waals surface area contributed by atoms with Crippen LogP contribution in [0.1, 0.15) is 44.2 Å². The van der Waals surface area contributed by atoms with Crippen molar-refractivity contribution in [3.8, 4) is 5.75 Å². The number of hydrogen-bond donors (Lipinski definition) is 2. The van der Waals surface area contributed by atoms with Crippen molar-refractivity contribution >= 4 is 23.2 Å². The van der Waals surface area contributed by atoms with Crippen molar-refractivity contribution in [1.29, 1.82) is 0 Å². The molecule has 0 bridgehead atoms. The summed E-state index contributed by atoms with van der Waals surface area (Å²) < 4.78 is 5.27. The molecule has 2 aromatic rings. The van der Waals surface area contributed by atoms with Gasteiger partial charge < -0.3 is 15.4 Å². The standard InChI is InChI=1S/C23H29N3O3/c1-17(27)24-19-9-11-20(12-10-19)25-23(28)16-26-15-5-3-4-6-22(26)18-7-13-21(29-2)14-8-18/h7-14,22H,3-6,15-16H2,1-2H3,(H,24,27)(H,25,28)/t22-/m0/s1. The predicted molar refractivity (Wildman–Crippen MR) is 115 cm³/mol. The van der Waals surface area contributed by atoms with Gasteiger partial charge in [0.2, 0.25) is 11.8 Å². The number of methoxy groups -OCH3 is 1. The van der Waals surface area contributed by atoms with E-state index in [0.29, 0.717) is 12.2 Å². The SMILES string of the molecule is COc1ccc([C@@H]2CCCCCN2CC(=O)Nc2ccc(NC(C)=O)cc2)cc1. The third kappa shape index (κ3) is 6.06. The van der Waals surface area contributed by atoms with Crippen molar-refractivity contribution in [3.63, 3.8) is 0 Å². The zero-order valence-electron chi connectivity index (χ0n) is 17.1. The fourth-order valence-corrected chi connectivity index (χ4v) is 3.79. The van der Waals surface area contributed by atoms with Gasteiger partial charge in [-0.2, -0.15) is 0 Å². The Hall–Kier alpha value is -2.86. The van der Waals surface area contributed by atoms with Gasteiger partial charge in [-0.15, -0.1) is 0 Å². The first-order chi connectivity index (χ1) is 14.0. The molecular formula is C23H29N3O3. The predicted octanol–water partition coefficient (Wildman–Crippen LogP) is 4.21. The molecule has 2 aromatic carbocycles. The zero-order chi connectivity index (χ0) is 20.6. The zero-order valence-corrected chi connectivity index (χ0v) is 17.1. The topological polar surface area (TPSA) is 70.7 Å². The number of benzene rings is 2. The molecule has 0 radical (unpaired) electrons. The normalized spacial score (nSPS) is 17.2. The van der Waals surface area contributed by atoms with Crippen molar-refractivity contribution in [1.82, 2.24) is 4.90 Å². The van der Waals surface area contributed by atoms with Crippen LogP contribution in [0.3, 0.4) is 0 Å². The summed E-state index contributed by atoms with van der Waals surface area (Å²) in [4.78, 5) is 26.1. The second-order valence-corrected chi connectivity index (χ2v) is 7.42. The third-order valence-electron chi connectivity index (χ3n) is 5.20. The highest BCUT2D eigenvalue weighted by atomic mass is 16.5. The number of carbonyl (C=O) groups is 2. The highest BCUT2D eigenvalue weighted by Crippen LogP contribution is 2.31. The maximum atomic E-state index is 12.7. The minimum Gasteiger partial charge on any atom is -0.497 e. The van der Waals surface area contributed by atoms with Crippen LogP contribution < -0.4 is 15.4 Å². The molecule has 0 spiro atoms. The van der Waals surface area contributed by atoms with E-state index >= 15 is 0 Å². The Labute approximate surface area is 172 Å². The number of nitrogens with one attached hydrogen (secondary N) is 2. The lowest BCUT2D eigenvalue weighted by Crippen LogP contribution is -2.36. The first-order valence-corrected chi connectivity index (χ1v) is 10.1. The molecule has 1 heterocycles. The van der Waals surface area contributed by atoms with Crippen LogP contribution in [0.4, 0.5) is 11.4 Å². The van der Waals surface area contributed by atoms with E-state index in [2.05, 4.69) is 27.7 Å². The number of amides is 2. The van der Waals surface area contributed by atoms with Gasteiger partial charge in [-0.05, 0) is 61.3 Å². The van der Waals surface area contributed by atoms with E-state index in [9.17, 15) is 9.59 Å². The highest BCUT2D eigenvalue weighted by Gasteiger charge is 2.24. The summed E-state index contributed by atoms with van der Waals surface area (Å²) in [5.74, 6) is 0.694. The van der Waals surface area contributed by atoms with E-state index in [0.717, 1.165) is 30.8 Å². The van der Waals surface area contributed by atoms with Crippen LogP contribution >= 0.6 is 0 Å². The van der Waals surface area contributed by atoms with E-state index < -0.39 is 0 Å². The van der Waals surface area contributed by atoms with Gasteiger partial charge in [-0.1, -0.05) is 25.0 Å². The first kappa shape index (κ1) is 20.9. The monoisotopic (exact) mass is 395 g/mol. The number of anilines is 2. The van der Waals surface area contributed by atoms with Crippen molar-refractivity contribution < 1.29 is 14.3 Å². The number of carbonyl (C=O) groups excluding carboxylic acids is 2. The Morgan fingerprint density at radius 3 is 2.24 bits per heavy atom. The fraction of sp³-hybridized carbons (Fsp3) is 0.391. The van der Waals surface area contributed by atoms with Crippen LogP contribution in [0, 0.1) is 0 Å². The van der Waals surface area contributed by atoms with Crippen LogP contribution in [0.15, 0.2) is 48.5 Å². The lowest BCUT2D eigenvalue weighted by atomic mass is 10.0. The average molecular weight is 396 g/mol. The van der Waals surface area contributed by atoms with Crippen LogP contribution in [-0.2, 0) is 9.59 Å². The van der Waals surface area contributed by atoms with Crippen LogP contribution in [0.2, 0.25) is 0 Å². The Balaban J connectivity index is 1.64. The summed E-state index contributed by atoms with van der Waals surface area (Å²) in [6.45, 7) is 2.73. The minimum atomic E-state index is -0.118. The smallest absolute Gasteiger partial charge is 0.238 e. The van der Waals surface area contributed by atoms with Gasteiger partial charge in [0, 0.05) is 24.3 Å². The van der Waals surface area contributed by atoms with Gasteiger partial charge in [-0.25, -0.2) is 0 Å². The molecule has 0 saturated carbocycles. The summed E-state index contributed by atoms with van der Waals surface area (Å²) >= 11 is 0. The number of likely N-dealkylation sites (tertiary alicyclic amines) is 1. The van der Waals surface area contributed by atoms with Crippen molar-refractivity contribution in [2.45, 2.75) is 38.6 Å². The van der Waals surface area contributed by atoms with Gasteiger partial charge in [0.15, 0.2) is 0 Å². The Morgan fingerprint density at radius 1 is 0.966 bits per heavy atom. The second kappa shape index (κ2) is 10.1. The van der Waals surface area contributed by atoms with Gasteiger partial charge >= 0.3 is 0 Å². The molecule has 2 N–H and O–H groups in total. The van der Waals surface area contributed by atoms with Crippen molar-refractivity contribution in [2.75, 3.05) is 30.8 Å². The van der Waals surface area contributed by atoms with E-state index in [-0.39, 0.29) is 17.9 Å². The lowest BCUT2D eigenvalue weighted by Gasteiger charge is -2.29. The molecule has 1 aliphatic heterocycles. The Kier molecular flexibility index (Phi) is 7.25. The second-order valence-electron chi connectivity index (χ2n) is 7.42. The van der Waals surface area contributed by atoms with E-state index in [1.165, 1.54) is 25.3 Å². The fourth-order valence-electron chi connectivity index (χ4n) is 3.79. The van der Waals surface area contributed by atoms with E-state index in [4.69, 9.17) is 4.74 Å². The number of ether oxygens (including phenoxy) is 1. The summed E-state index contributed by atoms with van der Waals surface area (Å²) in [6, 6.07) is 15.5. The Morgan fingerprint density at radius 2 is 1.62 bits per heavy atom. The molecule has 0 unspecified atom stereocenters. The quantitative estimate of drug-likeness (QED) is 0.769. The molecule has 2 amide bonds. The maximum absolute atomic E-state index is 12.7.